The lowest BCUT2D eigenvalue weighted by Crippen LogP contribution is -1.92. The van der Waals surface area contributed by atoms with Crippen molar-refractivity contribution in [3.05, 3.63) is 11.8 Å². The predicted octanol–water partition coefficient (Wildman–Crippen LogP) is -0.210. The molecule has 0 aliphatic heterocycles. The summed E-state index contributed by atoms with van der Waals surface area (Å²) in [6, 6.07) is 1.43. The monoisotopic (exact) mass is 139 g/mol. The first-order valence-electron chi connectivity index (χ1n) is 2.57. The van der Waals surface area contributed by atoms with E-state index in [9.17, 15) is 9.59 Å². The van der Waals surface area contributed by atoms with Gasteiger partial charge in [-0.05, 0) is 0 Å². The lowest BCUT2D eigenvalue weighted by molar-refractivity contribution is -0.105. The van der Waals surface area contributed by atoms with Crippen molar-refractivity contribution < 1.29 is 9.59 Å². The molecule has 1 aromatic rings. The summed E-state index contributed by atoms with van der Waals surface area (Å²) in [6.07, 6.45) is 1.10. The van der Waals surface area contributed by atoms with Gasteiger partial charge in [-0.2, -0.15) is 5.10 Å². The molecule has 5 nitrogen and oxygen atoms in total. The van der Waals surface area contributed by atoms with Crippen LogP contribution in [0.1, 0.15) is 10.5 Å². The minimum atomic E-state index is 0.337. The zero-order valence-corrected chi connectivity index (χ0v) is 5.00. The highest BCUT2D eigenvalue weighted by molar-refractivity contribution is 5.76. The fourth-order valence-corrected chi connectivity index (χ4v) is 0.531. The van der Waals surface area contributed by atoms with E-state index in [1.165, 1.54) is 6.07 Å². The van der Waals surface area contributed by atoms with E-state index in [-0.39, 0.29) is 0 Å². The van der Waals surface area contributed by atoms with Crippen LogP contribution in [0.25, 0.3) is 0 Å². The highest BCUT2D eigenvalue weighted by atomic mass is 16.1. The number of amides is 1. The molecule has 2 N–H and O–H groups in total. The van der Waals surface area contributed by atoms with E-state index in [0.29, 0.717) is 24.2 Å². The zero-order chi connectivity index (χ0) is 7.40. The summed E-state index contributed by atoms with van der Waals surface area (Å²) in [6.45, 7) is 0. The first-order valence-corrected chi connectivity index (χ1v) is 2.57. The Labute approximate surface area is 56.4 Å². The summed E-state index contributed by atoms with van der Waals surface area (Å²) in [4.78, 5) is 19.9. The Morgan fingerprint density at radius 1 is 1.60 bits per heavy atom. The minimum absolute atomic E-state index is 0.337. The van der Waals surface area contributed by atoms with Gasteiger partial charge in [-0.15, -0.1) is 0 Å². The second-order valence-corrected chi connectivity index (χ2v) is 1.59. The van der Waals surface area contributed by atoms with E-state index >= 15 is 0 Å². The third-order valence-electron chi connectivity index (χ3n) is 0.931. The smallest absolute Gasteiger partial charge is 0.212 e. The summed E-state index contributed by atoms with van der Waals surface area (Å²) in [5.41, 5.74) is 0.337. The lowest BCUT2D eigenvalue weighted by atomic mass is 10.5. The van der Waals surface area contributed by atoms with Gasteiger partial charge in [-0.25, -0.2) is 0 Å². The van der Waals surface area contributed by atoms with E-state index in [4.69, 9.17) is 0 Å². The van der Waals surface area contributed by atoms with Gasteiger partial charge in [0.2, 0.25) is 6.41 Å². The number of H-pyrrole nitrogens is 1. The van der Waals surface area contributed by atoms with Gasteiger partial charge in [-0.1, -0.05) is 0 Å². The first kappa shape index (κ1) is 6.47. The maximum Gasteiger partial charge on any atom is 0.212 e. The average Bonchev–Trinajstić information content (AvgIpc) is 2.37. The van der Waals surface area contributed by atoms with E-state index in [1.807, 2.05) is 0 Å². The van der Waals surface area contributed by atoms with E-state index < -0.39 is 0 Å². The Hall–Kier alpha value is -1.65. The number of aromatic nitrogens is 2. The Kier molecular flexibility index (Phi) is 1.79. The lowest BCUT2D eigenvalue weighted by Gasteiger charge is -1.83. The maximum atomic E-state index is 10.0. The minimum Gasteiger partial charge on any atom is -0.312 e. The molecule has 1 heterocycles. The molecule has 1 rings (SSSR count). The second kappa shape index (κ2) is 2.77. The van der Waals surface area contributed by atoms with Crippen LogP contribution in [0, 0.1) is 0 Å². The van der Waals surface area contributed by atoms with E-state index in [0.717, 1.165) is 0 Å². The normalized spacial score (nSPS) is 8.80. The number of aldehydes is 1. The van der Waals surface area contributed by atoms with Crippen molar-refractivity contribution >= 4 is 18.5 Å². The van der Waals surface area contributed by atoms with Crippen LogP contribution in [-0.2, 0) is 4.79 Å². The molecule has 1 amide bonds. The molecule has 0 saturated heterocycles. The number of rotatable bonds is 3. The first-order chi connectivity index (χ1) is 4.86. The number of nitrogens with zero attached hydrogens (tertiary/aromatic N) is 1. The molecule has 0 unspecified atom stereocenters. The van der Waals surface area contributed by atoms with Crippen LogP contribution in [0.15, 0.2) is 6.07 Å². The second-order valence-electron chi connectivity index (χ2n) is 1.59. The summed E-state index contributed by atoms with van der Waals surface area (Å²) < 4.78 is 0. The van der Waals surface area contributed by atoms with Gasteiger partial charge in [0.15, 0.2) is 12.1 Å². The van der Waals surface area contributed by atoms with Crippen molar-refractivity contribution in [3.63, 3.8) is 0 Å². The number of anilines is 1. The topological polar surface area (TPSA) is 74.8 Å². The molecule has 5 heteroatoms. The molecule has 0 radical (unpaired) electrons. The third-order valence-corrected chi connectivity index (χ3v) is 0.931. The van der Waals surface area contributed by atoms with Crippen LogP contribution in [0.4, 0.5) is 5.82 Å². The largest absolute Gasteiger partial charge is 0.312 e. The summed E-state index contributed by atoms with van der Waals surface area (Å²) in [5.74, 6) is 0.345. The summed E-state index contributed by atoms with van der Waals surface area (Å²) in [5, 5.41) is 8.26. The van der Waals surface area contributed by atoms with Crippen molar-refractivity contribution in [1.29, 1.82) is 0 Å². The standard InChI is InChI=1S/C5H5N3O2/c9-2-4-1-5(6-3-10)8-7-4/h1-3H,(H2,6,7,8,10). The van der Waals surface area contributed by atoms with Crippen molar-refractivity contribution in [3.8, 4) is 0 Å². The summed E-state index contributed by atoms with van der Waals surface area (Å²) >= 11 is 0. The molecule has 0 atom stereocenters. The third kappa shape index (κ3) is 1.19. The summed E-state index contributed by atoms with van der Waals surface area (Å²) in [7, 11) is 0. The molecule has 0 aliphatic carbocycles. The van der Waals surface area contributed by atoms with Crippen molar-refractivity contribution in [2.45, 2.75) is 0 Å². The molecule has 0 spiro atoms. The number of nitrogens with one attached hydrogen (secondary N) is 2. The van der Waals surface area contributed by atoms with E-state index in [2.05, 4.69) is 15.5 Å². The number of aromatic amines is 1. The Bertz CT molecular complexity index is 243. The average molecular weight is 139 g/mol. The van der Waals surface area contributed by atoms with Gasteiger partial charge < -0.3 is 5.32 Å². The molecule has 0 aliphatic rings. The van der Waals surface area contributed by atoms with Crippen LogP contribution >= 0.6 is 0 Å². The quantitative estimate of drug-likeness (QED) is 0.569. The van der Waals surface area contributed by atoms with Crippen molar-refractivity contribution in [1.82, 2.24) is 10.2 Å². The van der Waals surface area contributed by atoms with Gasteiger partial charge in [-0.3, -0.25) is 14.7 Å². The number of hydrogen-bond donors (Lipinski definition) is 2. The molecule has 1 aromatic heterocycles. The van der Waals surface area contributed by atoms with Gasteiger partial charge in [0, 0.05) is 6.07 Å². The fourth-order valence-electron chi connectivity index (χ4n) is 0.531. The van der Waals surface area contributed by atoms with E-state index in [1.54, 1.807) is 0 Å². The molecule has 10 heavy (non-hydrogen) atoms. The molecule has 0 saturated carbocycles. The highest BCUT2D eigenvalue weighted by Gasteiger charge is 1.95. The fraction of sp³-hybridized carbons (Fsp3) is 0. The van der Waals surface area contributed by atoms with Gasteiger partial charge in [0.1, 0.15) is 0 Å². The van der Waals surface area contributed by atoms with Gasteiger partial charge in [0.05, 0.1) is 5.69 Å². The van der Waals surface area contributed by atoms with Crippen molar-refractivity contribution in [2.24, 2.45) is 0 Å². The van der Waals surface area contributed by atoms with Crippen LogP contribution < -0.4 is 5.32 Å². The zero-order valence-electron chi connectivity index (χ0n) is 5.00. The molecular weight excluding hydrogens is 134 g/mol. The predicted molar refractivity (Wildman–Crippen MR) is 33.7 cm³/mol. The van der Waals surface area contributed by atoms with Crippen LogP contribution in [0.5, 0.6) is 0 Å². The number of carbonyl (C=O) groups is 2. The number of hydrogen-bond acceptors (Lipinski definition) is 3. The molecule has 0 fully saturated rings. The van der Waals surface area contributed by atoms with Gasteiger partial charge in [0.25, 0.3) is 0 Å². The number of carbonyl (C=O) groups excluding carboxylic acids is 2. The van der Waals surface area contributed by atoms with Gasteiger partial charge >= 0.3 is 0 Å². The Morgan fingerprint density at radius 2 is 2.40 bits per heavy atom. The molecule has 52 valence electrons. The van der Waals surface area contributed by atoms with Crippen LogP contribution in [-0.4, -0.2) is 22.9 Å². The molecule has 0 bridgehead atoms. The van der Waals surface area contributed by atoms with Crippen LogP contribution in [0.2, 0.25) is 0 Å². The Morgan fingerprint density at radius 3 is 2.90 bits per heavy atom. The Balaban J connectivity index is 2.77. The van der Waals surface area contributed by atoms with Crippen LogP contribution in [0.3, 0.4) is 0 Å². The molecule has 0 aromatic carbocycles. The maximum absolute atomic E-state index is 10.0. The highest BCUT2D eigenvalue weighted by Crippen LogP contribution is 2.00. The SMILES string of the molecule is O=CNc1cc(C=O)[nH]n1. The van der Waals surface area contributed by atoms with Crippen molar-refractivity contribution in [2.75, 3.05) is 5.32 Å². The molecular formula is C5H5N3O2.